The monoisotopic (exact) mass is 386 g/mol. The number of nitrogens with one attached hydrogen (secondary N) is 1. The topological polar surface area (TPSA) is 157 Å². The second kappa shape index (κ2) is 10.0. The predicted molar refractivity (Wildman–Crippen MR) is 90.6 cm³/mol. The van der Waals surface area contributed by atoms with E-state index in [4.69, 9.17) is 9.47 Å². The summed E-state index contributed by atoms with van der Waals surface area (Å²) >= 11 is 0. The number of phenolic OH excluding ortho intramolecular Hbond substituents is 2. The Bertz CT molecular complexity index is 680. The van der Waals surface area contributed by atoms with E-state index in [1.54, 1.807) is 6.92 Å². The van der Waals surface area contributed by atoms with E-state index < -0.39 is 22.7 Å². The van der Waals surface area contributed by atoms with Gasteiger partial charge in [-0.25, -0.2) is 9.59 Å². The van der Waals surface area contributed by atoms with E-state index in [1.807, 2.05) is 0 Å². The third-order valence-electron chi connectivity index (χ3n) is 3.42. The summed E-state index contributed by atoms with van der Waals surface area (Å²) in [6, 6.07) is 3.99. The standard InChI is InChI=1S/C16H22N2O9/c1-3-25-14(21)16(2,10-11-5-6-12(19)13(20)9-11)17-15(22)26-7-4-8-27-18(23)24/h5-6,9,19-20H,3-4,7-8,10H2,1-2H3,(H,17,22). The van der Waals surface area contributed by atoms with Gasteiger partial charge in [-0.3, -0.25) is 0 Å². The average molecular weight is 386 g/mol. The molecule has 150 valence electrons. The highest BCUT2D eigenvalue weighted by Crippen LogP contribution is 2.27. The summed E-state index contributed by atoms with van der Waals surface area (Å²) in [4.78, 5) is 38.4. The van der Waals surface area contributed by atoms with Gasteiger partial charge in [0.2, 0.25) is 0 Å². The Balaban J connectivity index is 2.74. The first-order chi connectivity index (χ1) is 12.7. The van der Waals surface area contributed by atoms with Crippen LogP contribution in [0, 0.1) is 10.1 Å². The summed E-state index contributed by atoms with van der Waals surface area (Å²) in [6.45, 7) is 2.73. The summed E-state index contributed by atoms with van der Waals surface area (Å²) < 4.78 is 9.87. The number of nitrogens with zero attached hydrogens (tertiary/aromatic N) is 1. The molecule has 0 aromatic heterocycles. The second-order valence-electron chi connectivity index (χ2n) is 5.72. The molecule has 0 saturated heterocycles. The molecule has 0 heterocycles. The predicted octanol–water partition coefficient (Wildman–Crippen LogP) is 1.29. The van der Waals surface area contributed by atoms with Crippen molar-refractivity contribution in [3.63, 3.8) is 0 Å². The highest BCUT2D eigenvalue weighted by Gasteiger charge is 2.37. The molecular weight excluding hydrogens is 364 g/mol. The van der Waals surface area contributed by atoms with Crippen LogP contribution in [0.4, 0.5) is 4.79 Å². The van der Waals surface area contributed by atoms with Crippen LogP contribution >= 0.6 is 0 Å². The number of phenols is 2. The van der Waals surface area contributed by atoms with Crippen molar-refractivity contribution in [1.29, 1.82) is 0 Å². The minimum atomic E-state index is -1.51. The fraction of sp³-hybridized carbons (Fsp3) is 0.500. The van der Waals surface area contributed by atoms with Crippen molar-refractivity contribution in [2.45, 2.75) is 32.2 Å². The molecule has 11 heteroatoms. The van der Waals surface area contributed by atoms with Gasteiger partial charge >= 0.3 is 12.1 Å². The number of aromatic hydroxyl groups is 2. The van der Waals surface area contributed by atoms with Crippen LogP contribution in [0.5, 0.6) is 11.5 Å². The lowest BCUT2D eigenvalue weighted by atomic mass is 9.92. The number of carbonyl (C=O) groups is 2. The van der Waals surface area contributed by atoms with Crippen LogP contribution in [0.3, 0.4) is 0 Å². The molecule has 1 aromatic carbocycles. The molecule has 0 fully saturated rings. The van der Waals surface area contributed by atoms with Gasteiger partial charge in [0.25, 0.3) is 5.09 Å². The van der Waals surface area contributed by atoms with Crippen LogP contribution in [-0.2, 0) is 25.5 Å². The minimum Gasteiger partial charge on any atom is -0.504 e. The maximum atomic E-state index is 12.3. The number of hydrogen-bond acceptors (Lipinski definition) is 9. The van der Waals surface area contributed by atoms with Crippen molar-refractivity contribution < 1.29 is 39.2 Å². The minimum absolute atomic E-state index is 0.0425. The first kappa shape index (κ1) is 21.8. The largest absolute Gasteiger partial charge is 0.504 e. The highest BCUT2D eigenvalue weighted by molar-refractivity contribution is 5.85. The van der Waals surface area contributed by atoms with Gasteiger partial charge in [0.1, 0.15) is 5.54 Å². The van der Waals surface area contributed by atoms with Crippen molar-refractivity contribution in [3.05, 3.63) is 33.9 Å². The van der Waals surface area contributed by atoms with Crippen LogP contribution in [0.2, 0.25) is 0 Å². The summed E-state index contributed by atoms with van der Waals surface area (Å²) in [5, 5.41) is 30.4. The van der Waals surface area contributed by atoms with E-state index in [9.17, 15) is 29.9 Å². The number of ether oxygens (including phenoxy) is 2. The van der Waals surface area contributed by atoms with Crippen molar-refractivity contribution in [2.24, 2.45) is 0 Å². The number of rotatable bonds is 10. The van der Waals surface area contributed by atoms with E-state index in [2.05, 4.69) is 10.2 Å². The molecule has 0 bridgehead atoms. The molecule has 0 aliphatic rings. The maximum absolute atomic E-state index is 12.3. The van der Waals surface area contributed by atoms with Crippen LogP contribution in [0.25, 0.3) is 0 Å². The lowest BCUT2D eigenvalue weighted by molar-refractivity contribution is -0.757. The molecule has 0 spiro atoms. The molecule has 0 aliphatic heterocycles. The zero-order valence-corrected chi connectivity index (χ0v) is 15.0. The van der Waals surface area contributed by atoms with Crippen LogP contribution in [-0.4, -0.2) is 52.7 Å². The van der Waals surface area contributed by atoms with Gasteiger partial charge in [0.05, 0.1) is 19.8 Å². The number of esters is 1. The van der Waals surface area contributed by atoms with E-state index in [0.29, 0.717) is 5.56 Å². The van der Waals surface area contributed by atoms with Crippen LogP contribution < -0.4 is 5.32 Å². The first-order valence-corrected chi connectivity index (χ1v) is 8.08. The van der Waals surface area contributed by atoms with Crippen molar-refractivity contribution >= 4 is 12.1 Å². The molecule has 0 saturated carbocycles. The van der Waals surface area contributed by atoms with Crippen molar-refractivity contribution in [2.75, 3.05) is 19.8 Å². The number of benzene rings is 1. The van der Waals surface area contributed by atoms with Gasteiger partial charge in [0.15, 0.2) is 11.5 Å². The summed E-state index contributed by atoms with van der Waals surface area (Å²) in [6.07, 6.45) is -0.870. The van der Waals surface area contributed by atoms with Gasteiger partial charge in [-0.2, -0.15) is 0 Å². The Hall–Kier alpha value is -3.24. The summed E-state index contributed by atoms with van der Waals surface area (Å²) in [5.74, 6) is -1.40. The third kappa shape index (κ3) is 7.26. The number of alkyl carbamates (subject to hydrolysis) is 1. The molecule has 1 unspecified atom stereocenters. The van der Waals surface area contributed by atoms with Gasteiger partial charge in [-0.05, 0) is 31.5 Å². The Morgan fingerprint density at radius 1 is 1.22 bits per heavy atom. The van der Waals surface area contributed by atoms with E-state index in [0.717, 1.165) is 0 Å². The van der Waals surface area contributed by atoms with E-state index in [-0.39, 0.29) is 44.2 Å². The van der Waals surface area contributed by atoms with Gasteiger partial charge in [-0.1, -0.05) is 6.07 Å². The van der Waals surface area contributed by atoms with Gasteiger partial charge in [0, 0.05) is 12.8 Å². The summed E-state index contributed by atoms with van der Waals surface area (Å²) in [5.41, 5.74) is -1.05. The number of hydrogen-bond donors (Lipinski definition) is 3. The third-order valence-corrected chi connectivity index (χ3v) is 3.42. The SMILES string of the molecule is CCOC(=O)C(C)(Cc1ccc(O)c(O)c1)NC(=O)OCCCO[N+](=O)[O-]. The van der Waals surface area contributed by atoms with Crippen LogP contribution in [0.15, 0.2) is 18.2 Å². The van der Waals surface area contributed by atoms with Gasteiger partial charge in [-0.15, -0.1) is 10.1 Å². The lowest BCUT2D eigenvalue weighted by Crippen LogP contribution is -2.54. The number of amides is 1. The molecule has 1 rings (SSSR count). The zero-order chi connectivity index (χ0) is 20.4. The van der Waals surface area contributed by atoms with E-state index in [1.165, 1.54) is 25.1 Å². The molecule has 27 heavy (non-hydrogen) atoms. The zero-order valence-electron chi connectivity index (χ0n) is 15.0. The van der Waals surface area contributed by atoms with Crippen LogP contribution in [0.1, 0.15) is 25.8 Å². The smallest absolute Gasteiger partial charge is 0.408 e. The molecule has 3 N–H and O–H groups in total. The average Bonchev–Trinajstić information content (AvgIpc) is 2.57. The van der Waals surface area contributed by atoms with Crippen molar-refractivity contribution in [3.8, 4) is 11.5 Å². The van der Waals surface area contributed by atoms with Crippen molar-refractivity contribution in [1.82, 2.24) is 5.32 Å². The van der Waals surface area contributed by atoms with E-state index >= 15 is 0 Å². The molecule has 11 nitrogen and oxygen atoms in total. The quantitative estimate of drug-likeness (QED) is 0.177. The normalized spacial score (nSPS) is 12.5. The fourth-order valence-electron chi connectivity index (χ4n) is 2.17. The van der Waals surface area contributed by atoms with Gasteiger partial charge < -0.3 is 29.8 Å². The molecule has 0 radical (unpaired) electrons. The lowest BCUT2D eigenvalue weighted by Gasteiger charge is -2.28. The molecule has 1 amide bonds. The molecule has 0 aliphatic carbocycles. The molecule has 1 atom stereocenters. The fourth-order valence-corrected chi connectivity index (χ4v) is 2.17. The summed E-state index contributed by atoms with van der Waals surface area (Å²) in [7, 11) is 0. The first-order valence-electron chi connectivity index (χ1n) is 8.08. The second-order valence-corrected chi connectivity index (χ2v) is 5.72. The Labute approximate surface area is 154 Å². The molecule has 1 aromatic rings. The Kier molecular flexibility index (Phi) is 8.11. The Morgan fingerprint density at radius 2 is 1.93 bits per heavy atom. The molecular formula is C16H22N2O9. The Morgan fingerprint density at radius 3 is 2.52 bits per heavy atom. The maximum Gasteiger partial charge on any atom is 0.408 e. The highest BCUT2D eigenvalue weighted by atomic mass is 16.9. The number of carbonyl (C=O) groups excluding carboxylic acids is 2.